The zero-order chi connectivity index (χ0) is 17.3. The van der Waals surface area contributed by atoms with Crippen LogP contribution in [0.25, 0.3) is 0 Å². The molecule has 0 unspecified atom stereocenters. The Kier molecular flexibility index (Phi) is 4.76. The van der Waals surface area contributed by atoms with Crippen LogP contribution in [0.15, 0.2) is 35.4 Å². The van der Waals surface area contributed by atoms with Gasteiger partial charge in [-0.05, 0) is 37.1 Å². The molecule has 6 nitrogen and oxygen atoms in total. The summed E-state index contributed by atoms with van der Waals surface area (Å²) in [6.07, 6.45) is 3.22. The zero-order valence-electron chi connectivity index (χ0n) is 12.6. The molecule has 0 saturated carbocycles. The van der Waals surface area contributed by atoms with Gasteiger partial charge in [0, 0.05) is 29.3 Å². The van der Waals surface area contributed by atoms with Gasteiger partial charge in [0.25, 0.3) is 15.9 Å². The van der Waals surface area contributed by atoms with Gasteiger partial charge in [-0.25, -0.2) is 8.42 Å². The summed E-state index contributed by atoms with van der Waals surface area (Å²) in [5.41, 5.74) is 0.502. The molecule has 1 aromatic heterocycles. The molecule has 0 bridgehead atoms. The molecular formula is C15H15Cl2N3O3S. The van der Waals surface area contributed by atoms with Gasteiger partial charge in [0.15, 0.2) is 0 Å². The Bertz CT molecular complexity index is 854. The average Bonchev–Trinajstić information content (AvgIpc) is 3.17. The normalized spacial score (nSPS) is 14.8. The number of benzene rings is 1. The maximum atomic E-state index is 12.4. The first-order valence-electron chi connectivity index (χ1n) is 7.32. The maximum Gasteiger partial charge on any atom is 0.270 e. The number of hydrogen-bond acceptors (Lipinski definition) is 3. The van der Waals surface area contributed by atoms with E-state index in [1.54, 1.807) is 4.90 Å². The van der Waals surface area contributed by atoms with Crippen molar-refractivity contribution in [1.29, 1.82) is 0 Å². The number of rotatable bonds is 4. The molecule has 1 aliphatic rings. The van der Waals surface area contributed by atoms with Crippen LogP contribution in [0.1, 0.15) is 23.3 Å². The molecule has 128 valence electrons. The molecule has 9 heteroatoms. The Balaban J connectivity index is 1.81. The maximum absolute atomic E-state index is 12.4. The lowest BCUT2D eigenvalue weighted by atomic mass is 10.3. The number of carbonyl (C=O) groups is 1. The van der Waals surface area contributed by atoms with Crippen molar-refractivity contribution in [3.05, 3.63) is 46.2 Å². The van der Waals surface area contributed by atoms with E-state index in [-0.39, 0.29) is 22.2 Å². The number of aromatic amines is 1. The quantitative estimate of drug-likeness (QED) is 0.843. The van der Waals surface area contributed by atoms with Gasteiger partial charge in [-0.15, -0.1) is 0 Å². The Morgan fingerprint density at radius 1 is 1.08 bits per heavy atom. The van der Waals surface area contributed by atoms with Crippen LogP contribution < -0.4 is 4.72 Å². The molecule has 0 atom stereocenters. The Morgan fingerprint density at radius 2 is 1.71 bits per heavy atom. The number of amides is 1. The fourth-order valence-corrected chi connectivity index (χ4v) is 4.13. The summed E-state index contributed by atoms with van der Waals surface area (Å²) in [5, 5.41) is 0.637. The van der Waals surface area contributed by atoms with Crippen LogP contribution in [-0.4, -0.2) is 37.3 Å². The predicted octanol–water partition coefficient (Wildman–Crippen LogP) is 3.36. The van der Waals surface area contributed by atoms with Gasteiger partial charge in [-0.2, -0.15) is 0 Å². The summed E-state index contributed by atoms with van der Waals surface area (Å²) in [7, 11) is -3.85. The number of sulfonamides is 1. The van der Waals surface area contributed by atoms with Gasteiger partial charge in [0.2, 0.25) is 0 Å². The lowest BCUT2D eigenvalue weighted by Gasteiger charge is -2.13. The monoisotopic (exact) mass is 387 g/mol. The van der Waals surface area contributed by atoms with Crippen molar-refractivity contribution in [1.82, 2.24) is 9.88 Å². The number of aromatic nitrogens is 1. The van der Waals surface area contributed by atoms with Gasteiger partial charge in [-0.3, -0.25) is 9.52 Å². The summed E-state index contributed by atoms with van der Waals surface area (Å²) in [6.45, 7) is 1.39. The molecule has 2 aromatic rings. The number of nitrogens with one attached hydrogen (secondary N) is 2. The molecular weight excluding hydrogens is 373 g/mol. The summed E-state index contributed by atoms with van der Waals surface area (Å²) in [4.78, 5) is 16.7. The third-order valence-corrected chi connectivity index (χ3v) is 5.50. The third-order valence-electron chi connectivity index (χ3n) is 3.71. The van der Waals surface area contributed by atoms with Crippen LogP contribution in [0.5, 0.6) is 0 Å². The Hall–Kier alpha value is -1.70. The highest BCUT2D eigenvalue weighted by Gasteiger charge is 2.23. The van der Waals surface area contributed by atoms with E-state index in [0.29, 0.717) is 23.1 Å². The third kappa shape index (κ3) is 3.68. The minimum absolute atomic E-state index is 0.0267. The largest absolute Gasteiger partial charge is 0.356 e. The van der Waals surface area contributed by atoms with Crippen molar-refractivity contribution in [3.63, 3.8) is 0 Å². The van der Waals surface area contributed by atoms with E-state index in [0.717, 1.165) is 12.8 Å². The predicted molar refractivity (Wildman–Crippen MR) is 93.2 cm³/mol. The van der Waals surface area contributed by atoms with E-state index < -0.39 is 10.0 Å². The van der Waals surface area contributed by atoms with Crippen LogP contribution in [-0.2, 0) is 10.0 Å². The van der Waals surface area contributed by atoms with Gasteiger partial charge >= 0.3 is 0 Å². The summed E-state index contributed by atoms with van der Waals surface area (Å²) in [5.74, 6) is -0.195. The van der Waals surface area contributed by atoms with Crippen molar-refractivity contribution in [2.24, 2.45) is 0 Å². The van der Waals surface area contributed by atoms with E-state index in [1.807, 2.05) is 0 Å². The van der Waals surface area contributed by atoms with E-state index in [4.69, 9.17) is 23.2 Å². The molecule has 1 amide bonds. The minimum Gasteiger partial charge on any atom is -0.356 e. The first kappa shape index (κ1) is 17.1. The summed E-state index contributed by atoms with van der Waals surface area (Å²) < 4.78 is 27.3. The van der Waals surface area contributed by atoms with Crippen molar-refractivity contribution < 1.29 is 13.2 Å². The molecule has 1 aromatic carbocycles. The number of anilines is 1. The van der Waals surface area contributed by atoms with Crippen LogP contribution >= 0.6 is 23.2 Å². The van der Waals surface area contributed by atoms with Crippen LogP contribution in [0.3, 0.4) is 0 Å². The smallest absolute Gasteiger partial charge is 0.270 e. The number of halogens is 2. The molecule has 0 spiro atoms. The molecule has 1 aliphatic heterocycles. The average molecular weight is 388 g/mol. The number of hydrogen-bond donors (Lipinski definition) is 2. The second kappa shape index (κ2) is 6.66. The summed E-state index contributed by atoms with van der Waals surface area (Å²) in [6, 6.07) is 5.74. The van der Waals surface area contributed by atoms with Crippen molar-refractivity contribution in [2.45, 2.75) is 17.7 Å². The molecule has 0 aliphatic carbocycles. The number of carbonyl (C=O) groups excluding carboxylic acids is 1. The van der Waals surface area contributed by atoms with Crippen LogP contribution in [0, 0.1) is 0 Å². The zero-order valence-corrected chi connectivity index (χ0v) is 14.9. The van der Waals surface area contributed by atoms with Crippen LogP contribution in [0.2, 0.25) is 10.0 Å². The number of likely N-dealkylation sites (tertiary alicyclic amines) is 1. The fraction of sp³-hybridized carbons (Fsp3) is 0.267. The van der Waals surface area contributed by atoms with Crippen molar-refractivity contribution in [3.8, 4) is 0 Å². The van der Waals surface area contributed by atoms with Crippen molar-refractivity contribution >= 4 is 44.8 Å². The molecule has 1 fully saturated rings. The molecule has 2 N–H and O–H groups in total. The Morgan fingerprint density at radius 3 is 2.33 bits per heavy atom. The van der Waals surface area contributed by atoms with E-state index in [1.165, 1.54) is 30.5 Å². The topological polar surface area (TPSA) is 82.3 Å². The fourth-order valence-electron chi connectivity index (χ4n) is 2.57. The molecule has 1 saturated heterocycles. The highest BCUT2D eigenvalue weighted by Crippen LogP contribution is 2.25. The standard InChI is InChI=1S/C15H15Cl2N3O3S/c16-10-5-11(17)7-12(6-10)19-24(22,23)13-8-14(18-9-13)15(21)20-3-1-2-4-20/h5-9,18-19H,1-4H2. The lowest BCUT2D eigenvalue weighted by Crippen LogP contribution is -2.27. The first-order chi connectivity index (χ1) is 11.3. The van der Waals surface area contributed by atoms with Gasteiger partial charge in [-0.1, -0.05) is 23.2 Å². The molecule has 3 rings (SSSR count). The lowest BCUT2D eigenvalue weighted by molar-refractivity contribution is 0.0787. The van der Waals surface area contributed by atoms with Gasteiger partial charge in [0.1, 0.15) is 10.6 Å². The highest BCUT2D eigenvalue weighted by atomic mass is 35.5. The number of nitrogens with zero attached hydrogens (tertiary/aromatic N) is 1. The number of H-pyrrole nitrogens is 1. The van der Waals surface area contributed by atoms with Gasteiger partial charge in [0.05, 0.1) is 5.69 Å². The van der Waals surface area contributed by atoms with E-state index in [2.05, 4.69) is 9.71 Å². The van der Waals surface area contributed by atoms with Crippen LogP contribution in [0.4, 0.5) is 5.69 Å². The molecule has 24 heavy (non-hydrogen) atoms. The molecule has 2 heterocycles. The highest BCUT2D eigenvalue weighted by molar-refractivity contribution is 7.92. The minimum atomic E-state index is -3.85. The Labute approximate surface area is 149 Å². The van der Waals surface area contributed by atoms with Gasteiger partial charge < -0.3 is 9.88 Å². The van der Waals surface area contributed by atoms with E-state index >= 15 is 0 Å². The first-order valence-corrected chi connectivity index (χ1v) is 9.56. The molecule has 0 radical (unpaired) electrons. The van der Waals surface area contributed by atoms with E-state index in [9.17, 15) is 13.2 Å². The van der Waals surface area contributed by atoms with Crippen molar-refractivity contribution in [2.75, 3.05) is 17.8 Å². The summed E-state index contributed by atoms with van der Waals surface area (Å²) >= 11 is 11.7. The second-order valence-corrected chi connectivity index (χ2v) is 8.07. The second-order valence-electron chi connectivity index (χ2n) is 5.51. The SMILES string of the molecule is O=C(c1cc(S(=O)(=O)Nc2cc(Cl)cc(Cl)c2)c[nH]1)N1CCCC1.